The van der Waals surface area contributed by atoms with Crippen LogP contribution in [0.2, 0.25) is 0 Å². The van der Waals surface area contributed by atoms with Gasteiger partial charge in [-0.3, -0.25) is 9.89 Å². The summed E-state index contributed by atoms with van der Waals surface area (Å²) in [6, 6.07) is 7.27. The van der Waals surface area contributed by atoms with Crippen molar-refractivity contribution in [3.63, 3.8) is 0 Å². The molecule has 6 nitrogen and oxygen atoms in total. The number of carbonyl (C=O) groups excluding carboxylic acids is 1. The van der Waals surface area contributed by atoms with Gasteiger partial charge in [0.1, 0.15) is 5.75 Å². The van der Waals surface area contributed by atoms with Crippen LogP contribution in [0.3, 0.4) is 0 Å². The molecule has 2 aromatic rings. The van der Waals surface area contributed by atoms with Crippen LogP contribution in [0.1, 0.15) is 81.4 Å². The summed E-state index contributed by atoms with van der Waals surface area (Å²) in [5.74, 6) is 1.35. The van der Waals surface area contributed by atoms with Crippen LogP contribution in [0.5, 0.6) is 5.75 Å². The Labute approximate surface area is 172 Å². The zero-order chi connectivity index (χ0) is 20.4. The third-order valence-corrected chi connectivity index (χ3v) is 4.99. The molecule has 0 atom stereocenters. The lowest BCUT2D eigenvalue weighted by Crippen LogP contribution is -2.09. The third kappa shape index (κ3) is 5.86. The highest BCUT2D eigenvalue weighted by molar-refractivity contribution is 7.71. The van der Waals surface area contributed by atoms with Crippen molar-refractivity contribution >= 4 is 24.2 Å². The lowest BCUT2D eigenvalue weighted by molar-refractivity contribution is 0.106. The fourth-order valence-corrected chi connectivity index (χ4v) is 3.21. The Bertz CT molecular complexity index is 837. The number of aromatic nitrogens is 3. The van der Waals surface area contributed by atoms with E-state index in [0.717, 1.165) is 31.5 Å². The van der Waals surface area contributed by atoms with Crippen LogP contribution >= 0.6 is 12.2 Å². The maximum Gasteiger partial charge on any atom is 0.216 e. The Morgan fingerprint density at radius 2 is 2.00 bits per heavy atom. The predicted molar refractivity (Wildman–Crippen MR) is 115 cm³/mol. The second-order valence-corrected chi connectivity index (χ2v) is 7.11. The molecule has 1 aromatic heterocycles. The van der Waals surface area contributed by atoms with Gasteiger partial charge in [-0.1, -0.05) is 52.2 Å². The van der Waals surface area contributed by atoms with Gasteiger partial charge in [0.05, 0.1) is 18.4 Å². The number of Topliss-reactive ketones (excluding diaryl/α,β-unsaturated/α-hetero) is 1. The number of carbonyl (C=O) groups is 1. The summed E-state index contributed by atoms with van der Waals surface area (Å²) in [7, 11) is 0. The molecule has 1 aromatic carbocycles. The van der Waals surface area contributed by atoms with E-state index in [-0.39, 0.29) is 11.7 Å². The summed E-state index contributed by atoms with van der Waals surface area (Å²) in [5, 5.41) is 11.4. The Morgan fingerprint density at radius 1 is 1.25 bits per heavy atom. The van der Waals surface area contributed by atoms with Gasteiger partial charge in [-0.15, -0.1) is 0 Å². The highest BCUT2D eigenvalue weighted by Crippen LogP contribution is 2.21. The first-order valence-corrected chi connectivity index (χ1v) is 10.5. The average Bonchev–Trinajstić information content (AvgIpc) is 3.07. The molecule has 1 heterocycles. The molecule has 0 aliphatic rings. The molecule has 0 aliphatic heterocycles. The molecule has 0 spiro atoms. The van der Waals surface area contributed by atoms with Gasteiger partial charge in [-0.2, -0.15) is 14.9 Å². The van der Waals surface area contributed by atoms with E-state index in [1.54, 1.807) is 10.7 Å². The minimum absolute atomic E-state index is 0.220. The van der Waals surface area contributed by atoms with Crippen molar-refractivity contribution < 1.29 is 9.53 Å². The summed E-state index contributed by atoms with van der Waals surface area (Å²) < 4.78 is 7.76. The second kappa shape index (κ2) is 11.5. The largest absolute Gasteiger partial charge is 0.493 e. The summed E-state index contributed by atoms with van der Waals surface area (Å²) in [4.78, 5) is 12.7. The van der Waals surface area contributed by atoms with Crippen molar-refractivity contribution in [1.82, 2.24) is 14.9 Å². The van der Waals surface area contributed by atoms with Gasteiger partial charge in [-0.25, -0.2) is 0 Å². The van der Waals surface area contributed by atoms with E-state index in [0.29, 0.717) is 22.7 Å². The summed E-state index contributed by atoms with van der Waals surface area (Å²) >= 11 is 5.27. The number of unbranched alkanes of at least 4 members (excludes halogenated alkanes) is 3. The molecule has 152 valence electrons. The van der Waals surface area contributed by atoms with Crippen molar-refractivity contribution in [3.05, 3.63) is 40.4 Å². The normalized spacial score (nSPS) is 11.4. The van der Waals surface area contributed by atoms with E-state index in [9.17, 15) is 4.79 Å². The first kappa shape index (κ1) is 22.0. The summed E-state index contributed by atoms with van der Waals surface area (Å²) in [6.45, 7) is 6.97. The number of ether oxygens (including phenoxy) is 1. The number of nitrogens with one attached hydrogen (secondary N) is 1. The Morgan fingerprint density at radius 3 is 2.71 bits per heavy atom. The minimum atomic E-state index is -0.220. The van der Waals surface area contributed by atoms with Crippen LogP contribution < -0.4 is 4.74 Å². The molecular formula is C21H30N4O2S. The number of rotatable bonds is 12. The van der Waals surface area contributed by atoms with Crippen molar-refractivity contribution in [2.24, 2.45) is 5.10 Å². The van der Waals surface area contributed by atoms with Crippen LogP contribution in [0.4, 0.5) is 0 Å². The molecule has 0 fully saturated rings. The fourth-order valence-electron chi connectivity index (χ4n) is 3.02. The number of nitrogens with zero attached hydrogens (tertiary/aromatic N) is 3. The molecule has 2 rings (SSSR count). The predicted octanol–water partition coefficient (Wildman–Crippen LogP) is 5.52. The molecule has 28 heavy (non-hydrogen) atoms. The lowest BCUT2D eigenvalue weighted by Gasteiger charge is -2.11. The maximum absolute atomic E-state index is 12.7. The van der Waals surface area contributed by atoms with Crippen molar-refractivity contribution in [2.75, 3.05) is 6.61 Å². The molecule has 0 saturated heterocycles. The highest BCUT2D eigenvalue weighted by atomic mass is 32.1. The SMILES string of the molecule is CCCCCCOc1ccccc1C(=O)/C=N\n1c(C(CC)CC)n[nH]c1=S. The first-order chi connectivity index (χ1) is 13.6. The molecule has 7 heteroatoms. The van der Waals surface area contributed by atoms with Crippen molar-refractivity contribution in [3.8, 4) is 5.75 Å². The standard InChI is InChI=1S/C21H30N4O2S/c1-4-7-8-11-14-27-19-13-10-9-12-17(19)18(26)15-22-25-20(16(5-2)6-3)23-24-21(25)28/h9-10,12-13,15-16H,4-8,11,14H2,1-3H3,(H,24,28)/b22-15-. The van der Waals surface area contributed by atoms with Crippen LogP contribution in [0.15, 0.2) is 29.4 Å². The maximum atomic E-state index is 12.7. The number of ketones is 1. The zero-order valence-electron chi connectivity index (χ0n) is 17.0. The number of hydrogen-bond acceptors (Lipinski definition) is 5. The Hall–Kier alpha value is -2.28. The van der Waals surface area contributed by atoms with E-state index in [1.807, 2.05) is 18.2 Å². The summed E-state index contributed by atoms with van der Waals surface area (Å²) in [6.07, 6.45) is 7.62. The van der Waals surface area contributed by atoms with E-state index in [2.05, 4.69) is 36.1 Å². The lowest BCUT2D eigenvalue weighted by atomic mass is 10.0. The first-order valence-electron chi connectivity index (χ1n) is 10.1. The number of H-pyrrole nitrogens is 1. The monoisotopic (exact) mass is 402 g/mol. The number of aromatic amines is 1. The van der Waals surface area contributed by atoms with Crippen LogP contribution in [-0.4, -0.2) is 33.5 Å². The molecule has 0 amide bonds. The van der Waals surface area contributed by atoms with Gasteiger partial charge >= 0.3 is 0 Å². The smallest absolute Gasteiger partial charge is 0.216 e. The van der Waals surface area contributed by atoms with Crippen molar-refractivity contribution in [2.45, 2.75) is 65.2 Å². The highest BCUT2D eigenvalue weighted by Gasteiger charge is 2.16. The van der Waals surface area contributed by atoms with E-state index >= 15 is 0 Å². The van der Waals surface area contributed by atoms with Crippen molar-refractivity contribution in [1.29, 1.82) is 0 Å². The van der Waals surface area contributed by atoms with Crippen LogP contribution in [-0.2, 0) is 0 Å². The minimum Gasteiger partial charge on any atom is -0.493 e. The number of hydrogen-bond donors (Lipinski definition) is 1. The Kier molecular flexibility index (Phi) is 9.07. The van der Waals surface area contributed by atoms with Crippen LogP contribution in [0, 0.1) is 4.77 Å². The van der Waals surface area contributed by atoms with Crippen LogP contribution in [0.25, 0.3) is 0 Å². The molecule has 0 radical (unpaired) electrons. The topological polar surface area (TPSA) is 72.3 Å². The molecule has 0 bridgehead atoms. The summed E-state index contributed by atoms with van der Waals surface area (Å²) in [5.41, 5.74) is 0.501. The molecule has 0 unspecified atom stereocenters. The molecule has 0 aliphatic carbocycles. The van der Waals surface area contributed by atoms with E-state index in [4.69, 9.17) is 17.0 Å². The van der Waals surface area contributed by atoms with Gasteiger partial charge in [0.25, 0.3) is 0 Å². The van der Waals surface area contributed by atoms with Gasteiger partial charge in [0, 0.05) is 5.92 Å². The molecular weight excluding hydrogens is 372 g/mol. The average molecular weight is 403 g/mol. The fraction of sp³-hybridized carbons (Fsp3) is 0.524. The Balaban J connectivity index is 2.14. The van der Waals surface area contributed by atoms with E-state index < -0.39 is 0 Å². The van der Waals surface area contributed by atoms with Gasteiger partial charge < -0.3 is 4.74 Å². The number of benzene rings is 1. The van der Waals surface area contributed by atoms with Gasteiger partial charge in [-0.05, 0) is 43.6 Å². The second-order valence-electron chi connectivity index (χ2n) is 6.73. The molecule has 1 N–H and O–H groups in total. The van der Waals surface area contributed by atoms with Gasteiger partial charge in [0.2, 0.25) is 10.6 Å². The van der Waals surface area contributed by atoms with E-state index in [1.165, 1.54) is 19.1 Å². The third-order valence-electron chi connectivity index (χ3n) is 4.72. The number of para-hydroxylation sites is 1. The quantitative estimate of drug-likeness (QED) is 0.220. The zero-order valence-corrected chi connectivity index (χ0v) is 17.8. The molecule has 0 saturated carbocycles. The van der Waals surface area contributed by atoms with Gasteiger partial charge in [0.15, 0.2) is 5.82 Å².